The first-order valence-corrected chi connectivity index (χ1v) is 6.56. The molecule has 0 atom stereocenters. The number of H-pyrrole nitrogens is 1. The molecule has 2 aromatic rings. The van der Waals surface area contributed by atoms with E-state index in [-0.39, 0.29) is 0 Å². The van der Waals surface area contributed by atoms with Crippen molar-refractivity contribution in [2.45, 2.75) is 6.42 Å². The standard InChI is InChI=1S/C12H16N2OS/c1-15-7-9-16-8-6-12-13-10-4-2-3-5-11(10)14-12/h2-5H,6-9H2,1H3,(H,13,14). The molecule has 0 saturated carbocycles. The summed E-state index contributed by atoms with van der Waals surface area (Å²) in [6, 6.07) is 8.13. The number of aromatic amines is 1. The average Bonchev–Trinajstić information content (AvgIpc) is 2.71. The van der Waals surface area contributed by atoms with Gasteiger partial charge in [-0.2, -0.15) is 11.8 Å². The molecule has 3 nitrogen and oxygen atoms in total. The molecular formula is C12H16N2OS. The summed E-state index contributed by atoms with van der Waals surface area (Å²) in [5.74, 6) is 3.21. The first-order chi connectivity index (χ1) is 7.90. The summed E-state index contributed by atoms with van der Waals surface area (Å²) in [7, 11) is 1.74. The van der Waals surface area contributed by atoms with Crippen molar-refractivity contribution in [2.24, 2.45) is 0 Å². The van der Waals surface area contributed by atoms with Crippen LogP contribution in [0.25, 0.3) is 11.0 Å². The molecule has 0 aliphatic rings. The quantitative estimate of drug-likeness (QED) is 0.783. The van der Waals surface area contributed by atoms with E-state index in [4.69, 9.17) is 4.74 Å². The fourth-order valence-corrected chi connectivity index (χ4v) is 2.36. The Kier molecular flexibility index (Phi) is 4.25. The van der Waals surface area contributed by atoms with Gasteiger partial charge in [0.15, 0.2) is 0 Å². The minimum atomic E-state index is 0.824. The number of fused-ring (bicyclic) bond motifs is 1. The van der Waals surface area contributed by atoms with E-state index in [0.717, 1.165) is 41.4 Å². The maximum absolute atomic E-state index is 5.00. The van der Waals surface area contributed by atoms with Crippen LogP contribution in [0.5, 0.6) is 0 Å². The number of rotatable bonds is 6. The fraction of sp³-hybridized carbons (Fsp3) is 0.417. The Bertz CT molecular complexity index is 408. The van der Waals surface area contributed by atoms with Crippen LogP contribution >= 0.6 is 11.8 Å². The highest BCUT2D eigenvalue weighted by Gasteiger charge is 2.01. The van der Waals surface area contributed by atoms with Crippen molar-refractivity contribution >= 4 is 22.8 Å². The molecule has 0 aliphatic carbocycles. The van der Waals surface area contributed by atoms with Crippen LogP contribution in [-0.2, 0) is 11.2 Å². The molecule has 2 rings (SSSR count). The summed E-state index contributed by atoms with van der Waals surface area (Å²) in [6.07, 6.45) is 0.989. The number of thioether (sulfide) groups is 1. The van der Waals surface area contributed by atoms with Gasteiger partial charge in [-0.1, -0.05) is 12.1 Å². The molecule has 0 fully saturated rings. The Morgan fingerprint density at radius 2 is 2.19 bits per heavy atom. The van der Waals surface area contributed by atoms with E-state index in [2.05, 4.69) is 16.0 Å². The Balaban J connectivity index is 1.85. The third kappa shape index (κ3) is 3.00. The van der Waals surface area contributed by atoms with Crippen LogP contribution in [-0.4, -0.2) is 35.2 Å². The molecule has 4 heteroatoms. The largest absolute Gasteiger partial charge is 0.384 e. The highest BCUT2D eigenvalue weighted by molar-refractivity contribution is 7.99. The lowest BCUT2D eigenvalue weighted by Crippen LogP contribution is -1.96. The number of benzene rings is 1. The van der Waals surface area contributed by atoms with Crippen LogP contribution in [0.3, 0.4) is 0 Å². The van der Waals surface area contributed by atoms with Crippen molar-refractivity contribution in [2.75, 3.05) is 25.2 Å². The number of methoxy groups -OCH3 is 1. The zero-order valence-corrected chi connectivity index (χ0v) is 10.2. The summed E-state index contributed by atoms with van der Waals surface area (Å²) in [4.78, 5) is 7.86. The van der Waals surface area contributed by atoms with E-state index in [1.54, 1.807) is 7.11 Å². The smallest absolute Gasteiger partial charge is 0.108 e. The molecule has 16 heavy (non-hydrogen) atoms. The number of imidazole rings is 1. The van der Waals surface area contributed by atoms with E-state index in [9.17, 15) is 0 Å². The maximum atomic E-state index is 5.00. The van der Waals surface area contributed by atoms with Crippen LogP contribution in [0.15, 0.2) is 24.3 Å². The minimum absolute atomic E-state index is 0.824. The summed E-state index contributed by atoms with van der Waals surface area (Å²) < 4.78 is 5.00. The Morgan fingerprint density at radius 3 is 3.00 bits per heavy atom. The van der Waals surface area contributed by atoms with Crippen molar-refractivity contribution in [1.82, 2.24) is 9.97 Å². The predicted octanol–water partition coefficient (Wildman–Crippen LogP) is 2.49. The number of hydrogen-bond donors (Lipinski definition) is 1. The zero-order valence-electron chi connectivity index (χ0n) is 9.40. The van der Waals surface area contributed by atoms with Gasteiger partial charge in [0, 0.05) is 25.0 Å². The number of ether oxygens (including phenoxy) is 1. The molecule has 1 aromatic heterocycles. The van der Waals surface area contributed by atoms with Gasteiger partial charge in [-0.05, 0) is 12.1 Å². The van der Waals surface area contributed by atoms with Gasteiger partial charge in [-0.15, -0.1) is 0 Å². The lowest BCUT2D eigenvalue weighted by molar-refractivity contribution is 0.218. The lowest BCUT2D eigenvalue weighted by Gasteiger charge is -1.98. The van der Waals surface area contributed by atoms with Crippen LogP contribution in [0.2, 0.25) is 0 Å². The molecule has 0 amide bonds. The molecule has 0 unspecified atom stereocenters. The molecule has 0 saturated heterocycles. The van der Waals surface area contributed by atoms with Crippen LogP contribution in [0.1, 0.15) is 5.82 Å². The molecule has 86 valence electrons. The molecule has 1 aromatic carbocycles. The highest BCUT2D eigenvalue weighted by Crippen LogP contribution is 2.12. The second-order valence-electron chi connectivity index (χ2n) is 3.56. The predicted molar refractivity (Wildman–Crippen MR) is 69.0 cm³/mol. The zero-order chi connectivity index (χ0) is 11.2. The van der Waals surface area contributed by atoms with Crippen LogP contribution < -0.4 is 0 Å². The second kappa shape index (κ2) is 5.92. The number of hydrogen-bond acceptors (Lipinski definition) is 3. The molecule has 0 bridgehead atoms. The van der Waals surface area contributed by atoms with Gasteiger partial charge in [0.25, 0.3) is 0 Å². The van der Waals surface area contributed by atoms with E-state index in [1.165, 1.54) is 0 Å². The van der Waals surface area contributed by atoms with Gasteiger partial charge in [-0.3, -0.25) is 0 Å². The number of para-hydroxylation sites is 2. The average molecular weight is 236 g/mol. The van der Waals surface area contributed by atoms with E-state index in [1.807, 2.05) is 30.0 Å². The topological polar surface area (TPSA) is 37.9 Å². The molecular weight excluding hydrogens is 220 g/mol. The third-order valence-electron chi connectivity index (χ3n) is 2.35. The van der Waals surface area contributed by atoms with Crippen molar-refractivity contribution in [1.29, 1.82) is 0 Å². The normalized spacial score (nSPS) is 11.1. The first kappa shape index (κ1) is 11.5. The van der Waals surface area contributed by atoms with Crippen LogP contribution in [0, 0.1) is 0 Å². The van der Waals surface area contributed by atoms with Gasteiger partial charge in [0.2, 0.25) is 0 Å². The van der Waals surface area contributed by atoms with Gasteiger partial charge in [0.1, 0.15) is 5.82 Å². The SMILES string of the molecule is COCCSCCc1nc2ccccc2[nH]1. The number of aryl methyl sites for hydroxylation is 1. The molecule has 0 aliphatic heterocycles. The molecule has 1 N–H and O–H groups in total. The fourth-order valence-electron chi connectivity index (χ4n) is 1.54. The van der Waals surface area contributed by atoms with Gasteiger partial charge < -0.3 is 9.72 Å². The maximum Gasteiger partial charge on any atom is 0.108 e. The molecule has 0 spiro atoms. The van der Waals surface area contributed by atoms with Gasteiger partial charge in [0.05, 0.1) is 17.6 Å². The van der Waals surface area contributed by atoms with Crippen molar-refractivity contribution < 1.29 is 4.74 Å². The number of aromatic nitrogens is 2. The van der Waals surface area contributed by atoms with E-state index < -0.39 is 0 Å². The van der Waals surface area contributed by atoms with Crippen molar-refractivity contribution in [3.63, 3.8) is 0 Å². The molecule has 0 radical (unpaired) electrons. The highest BCUT2D eigenvalue weighted by atomic mass is 32.2. The Hall–Kier alpha value is -1.00. The molecule has 1 heterocycles. The van der Waals surface area contributed by atoms with Gasteiger partial charge >= 0.3 is 0 Å². The van der Waals surface area contributed by atoms with E-state index >= 15 is 0 Å². The Labute approximate surface area is 99.6 Å². The van der Waals surface area contributed by atoms with Gasteiger partial charge in [-0.25, -0.2) is 4.98 Å². The summed E-state index contributed by atoms with van der Waals surface area (Å²) in [6.45, 7) is 0.824. The first-order valence-electron chi connectivity index (χ1n) is 5.40. The summed E-state index contributed by atoms with van der Waals surface area (Å²) >= 11 is 1.90. The third-order valence-corrected chi connectivity index (χ3v) is 3.30. The summed E-state index contributed by atoms with van der Waals surface area (Å²) in [5, 5.41) is 0. The number of nitrogens with zero attached hydrogens (tertiary/aromatic N) is 1. The summed E-state index contributed by atoms with van der Waals surface area (Å²) in [5.41, 5.74) is 2.18. The Morgan fingerprint density at radius 1 is 1.31 bits per heavy atom. The second-order valence-corrected chi connectivity index (χ2v) is 4.78. The lowest BCUT2D eigenvalue weighted by atomic mass is 10.3. The number of nitrogens with one attached hydrogen (secondary N) is 1. The van der Waals surface area contributed by atoms with E-state index in [0.29, 0.717) is 0 Å². The monoisotopic (exact) mass is 236 g/mol. The van der Waals surface area contributed by atoms with Crippen molar-refractivity contribution in [3.8, 4) is 0 Å². The minimum Gasteiger partial charge on any atom is -0.384 e. The van der Waals surface area contributed by atoms with Crippen molar-refractivity contribution in [3.05, 3.63) is 30.1 Å². The van der Waals surface area contributed by atoms with Crippen LogP contribution in [0.4, 0.5) is 0 Å².